The summed E-state index contributed by atoms with van der Waals surface area (Å²) in [5.74, 6) is -0.937. The van der Waals surface area contributed by atoms with Gasteiger partial charge in [-0.15, -0.1) is 0 Å². The van der Waals surface area contributed by atoms with Crippen molar-refractivity contribution in [3.63, 3.8) is 0 Å². The molecular formula is C11H13NO2. The van der Waals surface area contributed by atoms with Crippen molar-refractivity contribution in [3.8, 4) is 0 Å². The van der Waals surface area contributed by atoms with Gasteiger partial charge in [-0.25, -0.2) is 4.79 Å². The number of carboxylic acid groups (broad SMARTS) is 1. The molecule has 1 aromatic carbocycles. The molecule has 14 heavy (non-hydrogen) atoms. The van der Waals surface area contributed by atoms with Crippen molar-refractivity contribution >= 4 is 12.0 Å². The first-order valence-corrected chi connectivity index (χ1v) is 4.43. The van der Waals surface area contributed by atoms with Gasteiger partial charge in [0.25, 0.3) is 0 Å². The van der Waals surface area contributed by atoms with Crippen LogP contribution in [0.25, 0.3) is 6.08 Å². The minimum Gasteiger partial charge on any atom is -0.478 e. The van der Waals surface area contributed by atoms with E-state index in [1.165, 1.54) is 0 Å². The molecule has 0 heterocycles. The van der Waals surface area contributed by atoms with Crippen LogP contribution in [-0.2, 0) is 11.2 Å². The van der Waals surface area contributed by atoms with Crippen molar-refractivity contribution in [3.05, 3.63) is 41.5 Å². The van der Waals surface area contributed by atoms with Gasteiger partial charge in [-0.2, -0.15) is 0 Å². The van der Waals surface area contributed by atoms with Crippen LogP contribution in [-0.4, -0.2) is 17.6 Å². The molecule has 0 aromatic heterocycles. The molecule has 0 bridgehead atoms. The van der Waals surface area contributed by atoms with Gasteiger partial charge in [0.1, 0.15) is 0 Å². The second kappa shape index (κ2) is 5.19. The lowest BCUT2D eigenvalue weighted by Gasteiger charge is -2.02. The average molecular weight is 191 g/mol. The normalized spacial score (nSPS) is 10.6. The lowest BCUT2D eigenvalue weighted by Crippen LogP contribution is -2.03. The Labute approximate surface area is 82.9 Å². The third-order valence-corrected chi connectivity index (χ3v) is 1.87. The largest absolute Gasteiger partial charge is 0.478 e. The summed E-state index contributed by atoms with van der Waals surface area (Å²) >= 11 is 0. The molecule has 0 saturated heterocycles. The Morgan fingerprint density at radius 2 is 2.14 bits per heavy atom. The molecule has 0 aliphatic carbocycles. The van der Waals surface area contributed by atoms with E-state index in [9.17, 15) is 4.79 Å². The summed E-state index contributed by atoms with van der Waals surface area (Å²) in [6, 6.07) is 7.63. The van der Waals surface area contributed by atoms with E-state index in [2.05, 4.69) is 0 Å². The zero-order chi connectivity index (χ0) is 10.4. The lowest BCUT2D eigenvalue weighted by molar-refractivity contribution is -0.131. The molecule has 0 amide bonds. The monoisotopic (exact) mass is 191 g/mol. The summed E-state index contributed by atoms with van der Waals surface area (Å²) in [6.07, 6.45) is 3.49. The second-order valence-electron chi connectivity index (χ2n) is 2.91. The summed E-state index contributed by atoms with van der Waals surface area (Å²) < 4.78 is 0. The molecule has 0 aliphatic rings. The Balaban J connectivity index is 2.89. The van der Waals surface area contributed by atoms with Crippen LogP contribution in [0.1, 0.15) is 11.1 Å². The van der Waals surface area contributed by atoms with Crippen LogP contribution >= 0.6 is 0 Å². The van der Waals surface area contributed by atoms with Gasteiger partial charge in [0.15, 0.2) is 0 Å². The number of carboxylic acids is 1. The van der Waals surface area contributed by atoms with Gasteiger partial charge < -0.3 is 10.8 Å². The summed E-state index contributed by atoms with van der Waals surface area (Å²) in [6.45, 7) is 0.567. The van der Waals surface area contributed by atoms with Crippen LogP contribution in [0.4, 0.5) is 0 Å². The van der Waals surface area contributed by atoms with Gasteiger partial charge in [-0.3, -0.25) is 0 Å². The minimum absolute atomic E-state index is 0.567. The number of benzene rings is 1. The van der Waals surface area contributed by atoms with E-state index >= 15 is 0 Å². The van der Waals surface area contributed by atoms with Crippen LogP contribution in [0.5, 0.6) is 0 Å². The molecule has 0 spiro atoms. The first-order chi connectivity index (χ1) is 6.74. The van der Waals surface area contributed by atoms with Gasteiger partial charge in [-0.05, 0) is 30.2 Å². The number of carbonyl (C=O) groups is 1. The van der Waals surface area contributed by atoms with E-state index in [1.807, 2.05) is 24.3 Å². The third kappa shape index (κ3) is 3.03. The van der Waals surface area contributed by atoms with Crippen molar-refractivity contribution in [2.45, 2.75) is 6.42 Å². The SMILES string of the molecule is NCCc1ccccc1C=CC(=O)O. The van der Waals surface area contributed by atoms with Gasteiger partial charge in [-0.1, -0.05) is 24.3 Å². The molecule has 3 N–H and O–H groups in total. The van der Waals surface area contributed by atoms with E-state index < -0.39 is 5.97 Å². The summed E-state index contributed by atoms with van der Waals surface area (Å²) in [5, 5.41) is 8.48. The predicted molar refractivity (Wildman–Crippen MR) is 55.9 cm³/mol. The number of hydrogen-bond donors (Lipinski definition) is 2. The van der Waals surface area contributed by atoms with Gasteiger partial charge in [0.05, 0.1) is 0 Å². The van der Waals surface area contributed by atoms with Crippen molar-refractivity contribution in [2.75, 3.05) is 6.54 Å². The van der Waals surface area contributed by atoms with Crippen molar-refractivity contribution in [1.82, 2.24) is 0 Å². The topological polar surface area (TPSA) is 63.3 Å². The Morgan fingerprint density at radius 3 is 2.79 bits per heavy atom. The molecule has 0 radical (unpaired) electrons. The molecule has 3 heteroatoms. The van der Waals surface area contributed by atoms with Gasteiger partial charge in [0.2, 0.25) is 0 Å². The molecule has 3 nitrogen and oxygen atoms in total. The van der Waals surface area contributed by atoms with E-state index in [-0.39, 0.29) is 0 Å². The summed E-state index contributed by atoms with van der Waals surface area (Å²) in [5.41, 5.74) is 7.44. The Morgan fingerprint density at radius 1 is 1.43 bits per heavy atom. The number of hydrogen-bond acceptors (Lipinski definition) is 2. The number of aliphatic carboxylic acids is 1. The quantitative estimate of drug-likeness (QED) is 0.705. The molecule has 0 saturated carbocycles. The standard InChI is InChI=1S/C11H13NO2/c12-8-7-10-4-2-1-3-9(10)5-6-11(13)14/h1-6H,7-8,12H2,(H,13,14). The summed E-state index contributed by atoms with van der Waals surface area (Å²) in [7, 11) is 0. The minimum atomic E-state index is -0.937. The predicted octanol–water partition coefficient (Wildman–Crippen LogP) is 1.29. The highest BCUT2D eigenvalue weighted by Gasteiger charge is 1.97. The van der Waals surface area contributed by atoms with Crippen molar-refractivity contribution < 1.29 is 9.90 Å². The van der Waals surface area contributed by atoms with Crippen molar-refractivity contribution in [1.29, 1.82) is 0 Å². The second-order valence-corrected chi connectivity index (χ2v) is 2.91. The van der Waals surface area contributed by atoms with E-state index in [0.29, 0.717) is 6.54 Å². The molecular weight excluding hydrogens is 178 g/mol. The smallest absolute Gasteiger partial charge is 0.328 e. The first-order valence-electron chi connectivity index (χ1n) is 4.43. The molecule has 0 aliphatic heterocycles. The Bertz CT molecular complexity index is 345. The zero-order valence-corrected chi connectivity index (χ0v) is 7.81. The molecule has 0 fully saturated rings. The fraction of sp³-hybridized carbons (Fsp3) is 0.182. The lowest BCUT2D eigenvalue weighted by atomic mass is 10.0. The highest BCUT2D eigenvalue weighted by Crippen LogP contribution is 2.10. The molecule has 0 unspecified atom stereocenters. The maximum atomic E-state index is 10.3. The fourth-order valence-corrected chi connectivity index (χ4v) is 1.24. The van der Waals surface area contributed by atoms with E-state index in [0.717, 1.165) is 23.6 Å². The molecule has 0 atom stereocenters. The van der Waals surface area contributed by atoms with Gasteiger partial charge >= 0.3 is 5.97 Å². The van der Waals surface area contributed by atoms with E-state index in [1.54, 1.807) is 6.08 Å². The summed E-state index contributed by atoms with van der Waals surface area (Å²) in [4.78, 5) is 10.3. The molecule has 1 aromatic rings. The van der Waals surface area contributed by atoms with Crippen LogP contribution in [0, 0.1) is 0 Å². The maximum absolute atomic E-state index is 10.3. The highest BCUT2D eigenvalue weighted by atomic mass is 16.4. The van der Waals surface area contributed by atoms with Crippen LogP contribution in [0.3, 0.4) is 0 Å². The first kappa shape index (κ1) is 10.5. The number of rotatable bonds is 4. The molecule has 74 valence electrons. The third-order valence-electron chi connectivity index (χ3n) is 1.87. The van der Waals surface area contributed by atoms with Crippen LogP contribution < -0.4 is 5.73 Å². The number of nitrogens with two attached hydrogens (primary N) is 1. The van der Waals surface area contributed by atoms with Crippen LogP contribution in [0.15, 0.2) is 30.3 Å². The van der Waals surface area contributed by atoms with Crippen LogP contribution in [0.2, 0.25) is 0 Å². The molecule has 1 rings (SSSR count). The Hall–Kier alpha value is -1.61. The van der Waals surface area contributed by atoms with Gasteiger partial charge in [0, 0.05) is 6.08 Å². The van der Waals surface area contributed by atoms with Crippen molar-refractivity contribution in [2.24, 2.45) is 5.73 Å². The van der Waals surface area contributed by atoms with E-state index in [4.69, 9.17) is 10.8 Å². The average Bonchev–Trinajstić information content (AvgIpc) is 2.17. The fourth-order valence-electron chi connectivity index (χ4n) is 1.24. The maximum Gasteiger partial charge on any atom is 0.328 e. The Kier molecular flexibility index (Phi) is 3.88. The zero-order valence-electron chi connectivity index (χ0n) is 7.81. The highest BCUT2D eigenvalue weighted by molar-refractivity contribution is 5.85.